The van der Waals surface area contributed by atoms with E-state index in [2.05, 4.69) is 10.0 Å². The molecule has 0 saturated carbocycles. The van der Waals surface area contributed by atoms with E-state index in [1.807, 2.05) is 24.0 Å². The fourth-order valence-electron chi connectivity index (χ4n) is 4.06. The molecule has 1 fully saturated rings. The Kier molecular flexibility index (Phi) is 6.21. The van der Waals surface area contributed by atoms with Gasteiger partial charge in [0.1, 0.15) is 0 Å². The molecule has 32 heavy (non-hydrogen) atoms. The highest BCUT2D eigenvalue weighted by Crippen LogP contribution is 2.31. The highest BCUT2D eigenvalue weighted by atomic mass is 32.2. The lowest BCUT2D eigenvalue weighted by molar-refractivity contribution is -0.117. The van der Waals surface area contributed by atoms with E-state index < -0.39 is 22.0 Å². The van der Waals surface area contributed by atoms with Crippen molar-refractivity contribution in [2.45, 2.75) is 44.0 Å². The Morgan fingerprint density at radius 2 is 1.69 bits per heavy atom. The van der Waals surface area contributed by atoms with Gasteiger partial charge in [0.15, 0.2) is 0 Å². The van der Waals surface area contributed by atoms with E-state index >= 15 is 0 Å². The molecule has 2 N–H and O–H groups in total. The Balaban J connectivity index is 1.44. The monoisotopic (exact) mass is 456 g/mol. The molecule has 2 heterocycles. The van der Waals surface area contributed by atoms with Gasteiger partial charge in [-0.2, -0.15) is 4.72 Å². The third-order valence-corrected chi connectivity index (χ3v) is 7.45. The van der Waals surface area contributed by atoms with E-state index in [4.69, 9.17) is 0 Å². The molecule has 0 bridgehead atoms. The lowest BCUT2D eigenvalue weighted by atomic mass is 10.2. The Morgan fingerprint density at radius 3 is 2.38 bits per heavy atom. The molecule has 3 amide bonds. The van der Waals surface area contributed by atoms with Crippen LogP contribution in [0.15, 0.2) is 47.4 Å². The first kappa shape index (κ1) is 22.3. The van der Waals surface area contributed by atoms with Gasteiger partial charge in [0.2, 0.25) is 15.9 Å². The first-order valence-electron chi connectivity index (χ1n) is 10.8. The summed E-state index contributed by atoms with van der Waals surface area (Å²) < 4.78 is 28.2. The fourth-order valence-corrected chi connectivity index (χ4v) is 5.32. The molecule has 8 nitrogen and oxygen atoms in total. The predicted octanol–water partition coefficient (Wildman–Crippen LogP) is 2.88. The van der Waals surface area contributed by atoms with Gasteiger partial charge in [0.25, 0.3) is 0 Å². The summed E-state index contributed by atoms with van der Waals surface area (Å²) in [4.78, 5) is 28.9. The lowest BCUT2D eigenvalue weighted by Crippen LogP contribution is -2.41. The normalized spacial score (nSPS) is 16.7. The number of fused-ring (bicyclic) bond motifs is 1. The largest absolute Gasteiger partial charge is 0.325 e. The summed E-state index contributed by atoms with van der Waals surface area (Å²) in [6.07, 6.45) is 2.64. The molecule has 2 aromatic carbocycles. The van der Waals surface area contributed by atoms with Crippen molar-refractivity contribution < 1.29 is 18.0 Å². The zero-order chi connectivity index (χ0) is 22.9. The SMILES string of the molecule is Cc1ccc(NC(=O)[C@H](C)NS(=O)(=O)c2ccc3c(c2)CCN3C(=O)N2CCCC2)cc1. The van der Waals surface area contributed by atoms with E-state index in [-0.39, 0.29) is 10.9 Å². The molecule has 2 aliphatic rings. The summed E-state index contributed by atoms with van der Waals surface area (Å²) in [5, 5.41) is 2.71. The van der Waals surface area contributed by atoms with Crippen molar-refractivity contribution in [2.75, 3.05) is 29.9 Å². The van der Waals surface area contributed by atoms with E-state index in [9.17, 15) is 18.0 Å². The molecule has 9 heteroatoms. The Bertz CT molecular complexity index is 1130. The number of benzene rings is 2. The second-order valence-corrected chi connectivity index (χ2v) is 10.1. The second kappa shape index (κ2) is 8.91. The molecule has 2 aliphatic heterocycles. The number of anilines is 2. The molecule has 1 saturated heterocycles. The maximum atomic E-state index is 12.9. The molecular weight excluding hydrogens is 428 g/mol. The molecule has 1 atom stereocenters. The summed E-state index contributed by atoms with van der Waals surface area (Å²) in [6.45, 7) is 5.52. The highest BCUT2D eigenvalue weighted by molar-refractivity contribution is 7.89. The van der Waals surface area contributed by atoms with E-state index in [0.29, 0.717) is 18.7 Å². The minimum atomic E-state index is -3.90. The minimum Gasteiger partial charge on any atom is -0.325 e. The first-order chi connectivity index (χ1) is 15.2. The zero-order valence-electron chi connectivity index (χ0n) is 18.3. The predicted molar refractivity (Wildman–Crippen MR) is 123 cm³/mol. The van der Waals surface area contributed by atoms with Crippen molar-refractivity contribution >= 4 is 33.3 Å². The van der Waals surface area contributed by atoms with Crippen LogP contribution >= 0.6 is 0 Å². The third kappa shape index (κ3) is 4.63. The van der Waals surface area contributed by atoms with Crippen molar-refractivity contribution in [1.29, 1.82) is 0 Å². The van der Waals surface area contributed by atoms with Crippen LogP contribution in [0.3, 0.4) is 0 Å². The molecular formula is C23H28N4O4S. The number of nitrogens with one attached hydrogen (secondary N) is 2. The van der Waals surface area contributed by atoms with Crippen LogP contribution in [0.25, 0.3) is 0 Å². The number of sulfonamides is 1. The Labute approximate surface area is 188 Å². The number of amides is 3. The van der Waals surface area contributed by atoms with Crippen molar-refractivity contribution in [3.63, 3.8) is 0 Å². The minimum absolute atomic E-state index is 0.0172. The summed E-state index contributed by atoms with van der Waals surface area (Å²) in [5.74, 6) is -0.444. The number of aryl methyl sites for hydroxylation is 1. The quantitative estimate of drug-likeness (QED) is 0.723. The molecule has 0 spiro atoms. The Morgan fingerprint density at radius 1 is 1.00 bits per heavy atom. The number of likely N-dealkylation sites (tertiary alicyclic amines) is 1. The molecule has 0 radical (unpaired) electrons. The second-order valence-electron chi connectivity index (χ2n) is 8.37. The Hall–Kier alpha value is -2.91. The van der Waals surface area contributed by atoms with Crippen molar-refractivity contribution in [2.24, 2.45) is 0 Å². The van der Waals surface area contributed by atoms with Gasteiger partial charge in [-0.05, 0) is 69.0 Å². The number of nitrogens with zero attached hydrogens (tertiary/aromatic N) is 2. The van der Waals surface area contributed by atoms with Crippen LogP contribution in [0.4, 0.5) is 16.2 Å². The van der Waals surface area contributed by atoms with Crippen LogP contribution in [-0.2, 0) is 21.2 Å². The van der Waals surface area contributed by atoms with Crippen LogP contribution in [0.2, 0.25) is 0 Å². The number of carbonyl (C=O) groups is 2. The van der Waals surface area contributed by atoms with Gasteiger partial charge in [-0.15, -0.1) is 0 Å². The molecule has 0 unspecified atom stereocenters. The summed E-state index contributed by atoms with van der Waals surface area (Å²) in [6, 6.07) is 11.1. The maximum absolute atomic E-state index is 12.9. The summed E-state index contributed by atoms with van der Waals surface area (Å²) in [5.41, 5.74) is 3.24. The average Bonchev–Trinajstić information content (AvgIpc) is 3.44. The van der Waals surface area contributed by atoms with E-state index in [0.717, 1.165) is 42.7 Å². The molecule has 2 aromatic rings. The van der Waals surface area contributed by atoms with E-state index in [1.54, 1.807) is 29.2 Å². The van der Waals surface area contributed by atoms with Crippen LogP contribution < -0.4 is 14.9 Å². The molecule has 170 valence electrons. The number of carbonyl (C=O) groups excluding carboxylic acids is 2. The van der Waals surface area contributed by atoms with Crippen LogP contribution in [0.1, 0.15) is 30.9 Å². The van der Waals surface area contributed by atoms with Crippen molar-refractivity contribution in [3.8, 4) is 0 Å². The maximum Gasteiger partial charge on any atom is 0.324 e. The molecule has 0 aliphatic carbocycles. The number of hydrogen-bond donors (Lipinski definition) is 2. The van der Waals surface area contributed by atoms with Crippen molar-refractivity contribution in [1.82, 2.24) is 9.62 Å². The van der Waals surface area contributed by atoms with Gasteiger partial charge in [-0.3, -0.25) is 9.69 Å². The smallest absolute Gasteiger partial charge is 0.324 e. The van der Waals surface area contributed by atoms with Crippen LogP contribution in [-0.4, -0.2) is 50.9 Å². The van der Waals surface area contributed by atoms with Gasteiger partial charge >= 0.3 is 6.03 Å². The number of rotatable bonds is 5. The lowest BCUT2D eigenvalue weighted by Gasteiger charge is -2.24. The third-order valence-electron chi connectivity index (χ3n) is 5.91. The van der Waals surface area contributed by atoms with Crippen molar-refractivity contribution in [3.05, 3.63) is 53.6 Å². The van der Waals surface area contributed by atoms with Gasteiger partial charge < -0.3 is 10.2 Å². The molecule has 0 aromatic heterocycles. The first-order valence-corrected chi connectivity index (χ1v) is 12.3. The summed E-state index contributed by atoms with van der Waals surface area (Å²) >= 11 is 0. The number of hydrogen-bond acceptors (Lipinski definition) is 4. The topological polar surface area (TPSA) is 98.8 Å². The zero-order valence-corrected chi connectivity index (χ0v) is 19.1. The van der Waals surface area contributed by atoms with Gasteiger partial charge in [0.05, 0.1) is 10.9 Å². The van der Waals surface area contributed by atoms with E-state index in [1.165, 1.54) is 13.0 Å². The van der Waals surface area contributed by atoms with Crippen LogP contribution in [0, 0.1) is 6.92 Å². The average molecular weight is 457 g/mol. The van der Waals surface area contributed by atoms with Gasteiger partial charge in [-0.1, -0.05) is 17.7 Å². The summed E-state index contributed by atoms with van der Waals surface area (Å²) in [7, 11) is -3.90. The number of urea groups is 1. The van der Waals surface area contributed by atoms with Gasteiger partial charge in [-0.25, -0.2) is 13.2 Å². The standard InChI is InChI=1S/C23H28N4O4S/c1-16-5-7-19(8-6-16)24-22(28)17(2)25-32(30,31)20-9-10-21-18(15-20)11-14-27(21)23(29)26-12-3-4-13-26/h5-10,15,17,25H,3-4,11-14H2,1-2H3,(H,24,28)/t17-/m0/s1. The highest BCUT2D eigenvalue weighted by Gasteiger charge is 2.31. The fraction of sp³-hybridized carbons (Fsp3) is 0.391. The van der Waals surface area contributed by atoms with Crippen LogP contribution in [0.5, 0.6) is 0 Å². The molecule has 4 rings (SSSR count). The van der Waals surface area contributed by atoms with Gasteiger partial charge in [0, 0.05) is 31.0 Å².